The van der Waals surface area contributed by atoms with Crippen molar-refractivity contribution in [2.45, 2.75) is 25.4 Å². The van der Waals surface area contributed by atoms with Crippen molar-refractivity contribution in [3.63, 3.8) is 0 Å². The molecule has 1 heterocycles. The van der Waals surface area contributed by atoms with Gasteiger partial charge < -0.3 is 4.74 Å². The van der Waals surface area contributed by atoms with E-state index in [0.29, 0.717) is 6.42 Å². The summed E-state index contributed by atoms with van der Waals surface area (Å²) in [6, 6.07) is 5.69. The van der Waals surface area contributed by atoms with E-state index in [0.717, 1.165) is 16.1 Å². The van der Waals surface area contributed by atoms with Crippen LogP contribution in [0, 0.1) is 6.92 Å². The number of carbonyl (C=O) groups is 1. The number of ether oxygens (including phenoxy) is 1. The molecule has 2 atom stereocenters. The van der Waals surface area contributed by atoms with Crippen LogP contribution in [0.4, 0.5) is 0 Å². The van der Waals surface area contributed by atoms with E-state index < -0.39 is 0 Å². The van der Waals surface area contributed by atoms with Crippen molar-refractivity contribution in [1.82, 2.24) is 10.9 Å². The van der Waals surface area contributed by atoms with Gasteiger partial charge in [0.25, 0.3) is 0 Å². The van der Waals surface area contributed by atoms with Gasteiger partial charge in [-0.25, -0.2) is 10.9 Å². The molecule has 2 N–H and O–H groups in total. The Bertz CT molecular complexity index is 437. The van der Waals surface area contributed by atoms with Gasteiger partial charge >= 0.3 is 5.97 Å². The fourth-order valence-electron chi connectivity index (χ4n) is 1.96. The van der Waals surface area contributed by atoms with Crippen LogP contribution >= 0.6 is 11.6 Å². The highest BCUT2D eigenvalue weighted by Gasteiger charge is 2.30. The van der Waals surface area contributed by atoms with Gasteiger partial charge in [0.05, 0.1) is 7.11 Å². The molecular formula is C12H15ClN2O2. The van der Waals surface area contributed by atoms with Crippen LogP contribution in [0.15, 0.2) is 18.2 Å². The molecule has 0 radical (unpaired) electrons. The van der Waals surface area contributed by atoms with Gasteiger partial charge in [-0.15, -0.1) is 0 Å². The predicted molar refractivity (Wildman–Crippen MR) is 65.6 cm³/mol. The molecule has 4 nitrogen and oxygen atoms in total. The van der Waals surface area contributed by atoms with Gasteiger partial charge in [0, 0.05) is 11.1 Å². The summed E-state index contributed by atoms with van der Waals surface area (Å²) in [5.41, 5.74) is 8.17. The Kier molecular flexibility index (Phi) is 3.66. The van der Waals surface area contributed by atoms with Crippen LogP contribution in [0.1, 0.15) is 23.6 Å². The molecule has 1 aromatic carbocycles. The number of methoxy groups -OCH3 is 1. The summed E-state index contributed by atoms with van der Waals surface area (Å²) < 4.78 is 4.70. The normalized spacial score (nSPS) is 23.7. The molecule has 0 spiro atoms. The number of aryl methyl sites for hydroxylation is 1. The Morgan fingerprint density at radius 2 is 2.24 bits per heavy atom. The lowest BCUT2D eigenvalue weighted by molar-refractivity contribution is -0.142. The van der Waals surface area contributed by atoms with Crippen molar-refractivity contribution >= 4 is 17.6 Å². The van der Waals surface area contributed by atoms with Crippen molar-refractivity contribution in [1.29, 1.82) is 0 Å². The zero-order chi connectivity index (χ0) is 12.4. The van der Waals surface area contributed by atoms with Crippen molar-refractivity contribution in [2.24, 2.45) is 0 Å². The summed E-state index contributed by atoms with van der Waals surface area (Å²) in [5.74, 6) is -0.245. The summed E-state index contributed by atoms with van der Waals surface area (Å²) >= 11 is 5.98. The second-order valence-electron chi connectivity index (χ2n) is 4.16. The molecule has 0 saturated carbocycles. The zero-order valence-electron chi connectivity index (χ0n) is 9.79. The molecule has 2 rings (SSSR count). The fourth-order valence-corrected chi connectivity index (χ4v) is 2.07. The molecule has 1 aromatic rings. The van der Waals surface area contributed by atoms with Crippen LogP contribution in [0.2, 0.25) is 5.02 Å². The molecule has 0 bridgehead atoms. The Hall–Kier alpha value is -1.10. The summed E-state index contributed by atoms with van der Waals surface area (Å²) in [4.78, 5) is 11.4. The average molecular weight is 255 g/mol. The van der Waals surface area contributed by atoms with Gasteiger partial charge in [0.15, 0.2) is 0 Å². The third-order valence-electron chi connectivity index (χ3n) is 2.97. The highest BCUT2D eigenvalue weighted by atomic mass is 35.5. The first kappa shape index (κ1) is 12.4. The van der Waals surface area contributed by atoms with Crippen molar-refractivity contribution in [2.75, 3.05) is 7.11 Å². The van der Waals surface area contributed by atoms with E-state index in [2.05, 4.69) is 10.9 Å². The molecule has 1 aliphatic rings. The minimum Gasteiger partial charge on any atom is -0.468 e. The van der Waals surface area contributed by atoms with E-state index in [1.807, 2.05) is 25.1 Å². The number of nitrogens with one attached hydrogen (secondary N) is 2. The van der Waals surface area contributed by atoms with Gasteiger partial charge in [0.2, 0.25) is 0 Å². The van der Waals surface area contributed by atoms with Gasteiger partial charge in [-0.1, -0.05) is 23.7 Å². The van der Waals surface area contributed by atoms with Crippen molar-refractivity contribution in [3.05, 3.63) is 34.3 Å². The first-order valence-electron chi connectivity index (χ1n) is 5.46. The topological polar surface area (TPSA) is 50.4 Å². The molecule has 1 aliphatic heterocycles. The summed E-state index contributed by atoms with van der Waals surface area (Å²) in [5, 5.41) is 0.754. The summed E-state index contributed by atoms with van der Waals surface area (Å²) in [7, 11) is 1.39. The van der Waals surface area contributed by atoms with Crippen LogP contribution in [0.3, 0.4) is 0 Å². The Morgan fingerprint density at radius 1 is 1.47 bits per heavy atom. The molecule has 1 saturated heterocycles. The fraction of sp³-hybridized carbons (Fsp3) is 0.417. The monoisotopic (exact) mass is 254 g/mol. The standard InChI is InChI=1S/C12H15ClN2O2/c1-7-5-8(3-4-9(7)13)10-6-11(15-14-10)12(16)17-2/h3-5,10-11,14-15H,6H2,1-2H3. The highest BCUT2D eigenvalue weighted by Crippen LogP contribution is 2.26. The second-order valence-corrected chi connectivity index (χ2v) is 4.57. The maximum Gasteiger partial charge on any atom is 0.324 e. The van der Waals surface area contributed by atoms with E-state index in [4.69, 9.17) is 16.3 Å². The largest absolute Gasteiger partial charge is 0.468 e. The maximum absolute atomic E-state index is 11.4. The SMILES string of the molecule is COC(=O)C1CC(c2ccc(Cl)c(C)c2)NN1. The average Bonchev–Trinajstić information content (AvgIpc) is 2.81. The molecule has 92 valence electrons. The minimum atomic E-state index is -0.291. The van der Waals surface area contributed by atoms with E-state index in [1.165, 1.54) is 7.11 Å². The van der Waals surface area contributed by atoms with Crippen LogP contribution < -0.4 is 10.9 Å². The first-order chi connectivity index (χ1) is 8.11. The van der Waals surface area contributed by atoms with Crippen LogP contribution in [-0.2, 0) is 9.53 Å². The molecule has 0 amide bonds. The molecule has 2 unspecified atom stereocenters. The highest BCUT2D eigenvalue weighted by molar-refractivity contribution is 6.31. The van der Waals surface area contributed by atoms with E-state index in [-0.39, 0.29) is 18.1 Å². The molecular weight excluding hydrogens is 240 g/mol. The zero-order valence-corrected chi connectivity index (χ0v) is 10.5. The van der Waals surface area contributed by atoms with Gasteiger partial charge in [-0.2, -0.15) is 0 Å². The molecule has 0 aromatic heterocycles. The number of hydrazine groups is 1. The van der Waals surface area contributed by atoms with Gasteiger partial charge in [-0.05, 0) is 30.5 Å². The van der Waals surface area contributed by atoms with Crippen molar-refractivity contribution < 1.29 is 9.53 Å². The number of halogens is 1. The molecule has 17 heavy (non-hydrogen) atoms. The number of hydrogen-bond acceptors (Lipinski definition) is 4. The third-order valence-corrected chi connectivity index (χ3v) is 3.40. The summed E-state index contributed by atoms with van der Waals surface area (Å²) in [6.45, 7) is 1.96. The predicted octanol–water partition coefficient (Wildman–Crippen LogP) is 1.73. The number of rotatable bonds is 2. The number of hydrogen-bond donors (Lipinski definition) is 2. The number of carbonyl (C=O) groups excluding carboxylic acids is 1. The molecule has 0 aliphatic carbocycles. The Balaban J connectivity index is 2.10. The maximum atomic E-state index is 11.4. The number of esters is 1. The first-order valence-corrected chi connectivity index (χ1v) is 5.84. The van der Waals surface area contributed by atoms with Crippen LogP contribution in [-0.4, -0.2) is 19.1 Å². The lowest BCUT2D eigenvalue weighted by Crippen LogP contribution is -2.36. The van der Waals surface area contributed by atoms with Gasteiger partial charge in [-0.3, -0.25) is 4.79 Å². The van der Waals surface area contributed by atoms with Crippen molar-refractivity contribution in [3.8, 4) is 0 Å². The number of benzene rings is 1. The quantitative estimate of drug-likeness (QED) is 0.790. The van der Waals surface area contributed by atoms with Crippen LogP contribution in [0.5, 0.6) is 0 Å². The van der Waals surface area contributed by atoms with E-state index in [9.17, 15) is 4.79 Å². The van der Waals surface area contributed by atoms with Gasteiger partial charge in [0.1, 0.15) is 6.04 Å². The minimum absolute atomic E-state index is 0.107. The van der Waals surface area contributed by atoms with E-state index in [1.54, 1.807) is 0 Å². The lowest BCUT2D eigenvalue weighted by atomic mass is 10.0. The second kappa shape index (κ2) is 5.04. The lowest BCUT2D eigenvalue weighted by Gasteiger charge is -2.11. The van der Waals surface area contributed by atoms with E-state index >= 15 is 0 Å². The Labute approximate surface area is 105 Å². The third kappa shape index (κ3) is 2.60. The molecule has 1 fully saturated rings. The Morgan fingerprint density at radius 3 is 2.88 bits per heavy atom. The smallest absolute Gasteiger partial charge is 0.324 e. The summed E-state index contributed by atoms with van der Waals surface area (Å²) in [6.07, 6.45) is 0.674. The van der Waals surface area contributed by atoms with Crippen LogP contribution in [0.25, 0.3) is 0 Å². The molecule has 5 heteroatoms.